The Kier molecular flexibility index (Phi) is 6.59. The van der Waals surface area contributed by atoms with E-state index in [0.29, 0.717) is 33.0 Å². The Hall–Kier alpha value is -3.96. The van der Waals surface area contributed by atoms with Gasteiger partial charge in [0, 0.05) is 30.1 Å². The van der Waals surface area contributed by atoms with E-state index in [1.165, 1.54) is 12.1 Å². The predicted molar refractivity (Wildman–Crippen MR) is 128 cm³/mol. The fourth-order valence-corrected chi connectivity index (χ4v) is 4.95. The lowest BCUT2D eigenvalue weighted by Crippen LogP contribution is -2.51. The Balaban J connectivity index is 1.35. The zero-order valence-corrected chi connectivity index (χ0v) is 20.9. The van der Waals surface area contributed by atoms with Crippen LogP contribution >= 0.6 is 0 Å². The van der Waals surface area contributed by atoms with E-state index in [2.05, 4.69) is 5.32 Å². The number of anilines is 1. The number of aryl methyl sites for hydroxylation is 1. The maximum absolute atomic E-state index is 13.6. The molecular formula is C27H25F4N3O5. The topological polar surface area (TPSA) is 96.0 Å². The van der Waals surface area contributed by atoms with Crippen molar-refractivity contribution in [2.45, 2.75) is 57.0 Å². The van der Waals surface area contributed by atoms with Gasteiger partial charge in [-0.25, -0.2) is 14.1 Å². The third kappa shape index (κ3) is 5.07. The molecule has 3 aliphatic rings. The number of benzene rings is 2. The molecule has 2 aromatic rings. The van der Waals surface area contributed by atoms with Crippen molar-refractivity contribution in [3.05, 3.63) is 65.0 Å². The van der Waals surface area contributed by atoms with Crippen LogP contribution in [0.15, 0.2) is 42.5 Å². The highest BCUT2D eigenvalue weighted by Crippen LogP contribution is 2.46. The highest BCUT2D eigenvalue weighted by atomic mass is 19.4. The van der Waals surface area contributed by atoms with Crippen molar-refractivity contribution in [1.82, 2.24) is 9.80 Å². The third-order valence-electron chi connectivity index (χ3n) is 7.40. The van der Waals surface area contributed by atoms with E-state index in [4.69, 9.17) is 4.74 Å². The van der Waals surface area contributed by atoms with Gasteiger partial charge in [0.2, 0.25) is 17.4 Å². The van der Waals surface area contributed by atoms with Crippen LogP contribution in [0.4, 0.5) is 28.0 Å². The summed E-state index contributed by atoms with van der Waals surface area (Å²) in [6, 6.07) is 7.25. The molecule has 39 heavy (non-hydrogen) atoms. The minimum Gasteiger partial charge on any atom is -0.427 e. The number of carbonyl (C=O) groups excluding carboxylic acids is 4. The lowest BCUT2D eigenvalue weighted by molar-refractivity contribution is -0.187. The highest BCUT2D eigenvalue weighted by Gasteiger charge is 2.58. The average Bonchev–Trinajstić information content (AvgIpc) is 3.64. The van der Waals surface area contributed by atoms with Gasteiger partial charge < -0.3 is 15.0 Å². The van der Waals surface area contributed by atoms with Crippen molar-refractivity contribution in [2.24, 2.45) is 5.92 Å². The standard InChI is InChI=1S/C27H25F4N3O5/c1-15(27(29,30)31)33(13-16-2-6-19(28)7-3-16)22(35)14-34-24(37)26(39-25(34)38)11-10-18-12-20(8-9-21(18)26)32-23(36)17-4-5-17/h2-3,6-9,12,15,17H,4-5,10-11,13-14H2,1H3,(H,32,36)/t15?,26-/m1/s1. The van der Waals surface area contributed by atoms with Crippen LogP contribution in [0, 0.1) is 11.7 Å². The van der Waals surface area contributed by atoms with Crippen LogP contribution in [0.3, 0.4) is 0 Å². The monoisotopic (exact) mass is 547 g/mol. The number of alkyl halides is 3. The molecule has 5 rings (SSSR count). The molecule has 8 nitrogen and oxygen atoms in total. The zero-order chi connectivity index (χ0) is 28.1. The number of halogens is 4. The molecule has 1 saturated heterocycles. The van der Waals surface area contributed by atoms with Gasteiger partial charge in [0.1, 0.15) is 18.4 Å². The smallest absolute Gasteiger partial charge is 0.418 e. The van der Waals surface area contributed by atoms with E-state index >= 15 is 0 Å². The van der Waals surface area contributed by atoms with Gasteiger partial charge in [-0.05, 0) is 61.6 Å². The molecule has 206 valence electrons. The zero-order valence-electron chi connectivity index (χ0n) is 20.9. The number of hydrogen-bond donors (Lipinski definition) is 1. The van der Waals surface area contributed by atoms with Crippen LogP contribution in [0.2, 0.25) is 0 Å². The second-order valence-corrected chi connectivity index (χ2v) is 10.1. The van der Waals surface area contributed by atoms with Gasteiger partial charge in [-0.1, -0.05) is 18.2 Å². The van der Waals surface area contributed by atoms with Gasteiger partial charge in [-0.3, -0.25) is 14.4 Å². The first kappa shape index (κ1) is 26.6. The Bertz CT molecular complexity index is 1340. The molecule has 0 radical (unpaired) electrons. The molecule has 1 unspecified atom stereocenters. The first-order valence-electron chi connectivity index (χ1n) is 12.5. The summed E-state index contributed by atoms with van der Waals surface area (Å²) in [5, 5.41) is 2.82. The Labute approximate surface area is 220 Å². The predicted octanol–water partition coefficient (Wildman–Crippen LogP) is 4.27. The molecule has 1 heterocycles. The number of imide groups is 1. The van der Waals surface area contributed by atoms with Crippen molar-refractivity contribution < 1.29 is 41.5 Å². The number of carbonyl (C=O) groups is 4. The van der Waals surface area contributed by atoms with Crippen molar-refractivity contribution in [1.29, 1.82) is 0 Å². The number of fused-ring (bicyclic) bond motifs is 2. The Morgan fingerprint density at radius 2 is 1.85 bits per heavy atom. The second kappa shape index (κ2) is 9.65. The van der Waals surface area contributed by atoms with Gasteiger partial charge in [-0.2, -0.15) is 13.2 Å². The largest absolute Gasteiger partial charge is 0.427 e. The van der Waals surface area contributed by atoms with Gasteiger partial charge in [0.15, 0.2) is 0 Å². The van der Waals surface area contributed by atoms with E-state index in [-0.39, 0.29) is 23.8 Å². The van der Waals surface area contributed by atoms with Crippen LogP contribution in [0.25, 0.3) is 0 Å². The summed E-state index contributed by atoms with van der Waals surface area (Å²) < 4.78 is 59.6. The fraction of sp³-hybridized carbons (Fsp3) is 0.407. The van der Waals surface area contributed by atoms with Gasteiger partial charge >= 0.3 is 12.3 Å². The van der Waals surface area contributed by atoms with Crippen LogP contribution in [0.1, 0.15) is 42.9 Å². The summed E-state index contributed by atoms with van der Waals surface area (Å²) in [5.41, 5.74) is 0.183. The summed E-state index contributed by atoms with van der Waals surface area (Å²) in [7, 11) is 0. The number of rotatable bonds is 7. The van der Waals surface area contributed by atoms with E-state index in [9.17, 15) is 36.7 Å². The first-order chi connectivity index (χ1) is 18.4. The quantitative estimate of drug-likeness (QED) is 0.523. The third-order valence-corrected chi connectivity index (χ3v) is 7.40. The SMILES string of the molecule is CC(N(Cc1ccc(F)cc1)C(=O)CN1C(=O)O[C@@]2(CCc3cc(NC(=O)C4CC4)ccc32)C1=O)C(F)(F)F. The van der Waals surface area contributed by atoms with E-state index in [1.807, 2.05) is 0 Å². The van der Waals surface area contributed by atoms with Gasteiger partial charge in [0.25, 0.3) is 5.91 Å². The number of nitrogens with zero attached hydrogens (tertiary/aromatic N) is 2. The second-order valence-electron chi connectivity index (χ2n) is 10.1. The molecule has 4 amide bonds. The maximum atomic E-state index is 13.6. The molecular weight excluding hydrogens is 522 g/mol. The summed E-state index contributed by atoms with van der Waals surface area (Å²) >= 11 is 0. The normalized spacial score (nSPS) is 21.1. The van der Waals surface area contributed by atoms with Crippen LogP contribution in [0.5, 0.6) is 0 Å². The van der Waals surface area contributed by atoms with E-state index in [0.717, 1.165) is 31.9 Å². The molecule has 2 atom stereocenters. The lowest BCUT2D eigenvalue weighted by atomic mass is 9.94. The molecule has 1 N–H and O–H groups in total. The van der Waals surface area contributed by atoms with Crippen LogP contribution < -0.4 is 5.32 Å². The molecule has 2 aromatic carbocycles. The summed E-state index contributed by atoms with van der Waals surface area (Å²) in [5.74, 6) is -2.64. The molecule has 12 heteroatoms. The summed E-state index contributed by atoms with van der Waals surface area (Å²) in [4.78, 5) is 52.5. The first-order valence-corrected chi connectivity index (χ1v) is 12.5. The minimum absolute atomic E-state index is 0.00394. The molecule has 2 aliphatic carbocycles. The molecule has 1 spiro atoms. The molecule has 1 aliphatic heterocycles. The fourth-order valence-electron chi connectivity index (χ4n) is 4.95. The maximum Gasteiger partial charge on any atom is 0.418 e. The van der Waals surface area contributed by atoms with Gasteiger partial charge in [-0.15, -0.1) is 0 Å². The lowest BCUT2D eigenvalue weighted by Gasteiger charge is -2.31. The van der Waals surface area contributed by atoms with Crippen molar-refractivity contribution in [3.8, 4) is 0 Å². The molecule has 0 bridgehead atoms. The Morgan fingerprint density at radius 3 is 2.49 bits per heavy atom. The summed E-state index contributed by atoms with van der Waals surface area (Å²) in [6.07, 6.45) is -3.80. The Morgan fingerprint density at radius 1 is 1.15 bits per heavy atom. The van der Waals surface area contributed by atoms with Crippen molar-refractivity contribution in [3.63, 3.8) is 0 Å². The van der Waals surface area contributed by atoms with Crippen molar-refractivity contribution in [2.75, 3.05) is 11.9 Å². The number of hydrogen-bond acceptors (Lipinski definition) is 5. The molecule has 0 aromatic heterocycles. The van der Waals surface area contributed by atoms with Crippen molar-refractivity contribution >= 4 is 29.5 Å². The highest BCUT2D eigenvalue weighted by molar-refractivity contribution is 6.06. The average molecular weight is 548 g/mol. The summed E-state index contributed by atoms with van der Waals surface area (Å²) in [6.45, 7) is -0.675. The molecule has 1 saturated carbocycles. The number of ether oxygens (including phenoxy) is 1. The van der Waals surface area contributed by atoms with Crippen LogP contribution in [-0.2, 0) is 37.7 Å². The van der Waals surface area contributed by atoms with Crippen LogP contribution in [-0.4, -0.2) is 52.4 Å². The number of nitrogens with one attached hydrogen (secondary N) is 1. The van der Waals surface area contributed by atoms with E-state index < -0.39 is 54.6 Å². The minimum atomic E-state index is -4.79. The van der Waals surface area contributed by atoms with E-state index in [1.54, 1.807) is 18.2 Å². The number of amides is 4. The molecule has 2 fully saturated rings. The van der Waals surface area contributed by atoms with Gasteiger partial charge in [0.05, 0.1) is 0 Å².